The Morgan fingerprint density at radius 3 is 3.04 bits per heavy atom. The van der Waals surface area contributed by atoms with Crippen molar-refractivity contribution in [2.24, 2.45) is 5.92 Å². The van der Waals surface area contributed by atoms with Crippen LogP contribution in [0.4, 0.5) is 0 Å². The maximum Gasteiger partial charge on any atom is 0.246 e. The van der Waals surface area contributed by atoms with Gasteiger partial charge in [0, 0.05) is 31.7 Å². The molecule has 1 saturated carbocycles. The van der Waals surface area contributed by atoms with Crippen LogP contribution in [0.1, 0.15) is 57.0 Å². The average Bonchev–Trinajstić information content (AvgIpc) is 3.11. The maximum atomic E-state index is 12.3. The summed E-state index contributed by atoms with van der Waals surface area (Å²) in [7, 11) is 0. The summed E-state index contributed by atoms with van der Waals surface area (Å²) in [6, 6.07) is 3.99. The summed E-state index contributed by atoms with van der Waals surface area (Å²) in [6.45, 7) is 6.63. The first-order chi connectivity index (χ1) is 11.2. The van der Waals surface area contributed by atoms with Crippen LogP contribution in [0.25, 0.3) is 6.08 Å². The standard InChI is InChI=1S/C19H27NO3/c1-3-11-22-16-5-4-10-20(13-16)19(21)9-7-15-6-8-18(23-15)17-12-14(17)2/h6-9,14,16-17H,3-5,10-13H2,1-2H3/b9-7+. The molecule has 2 aliphatic rings. The van der Waals surface area contributed by atoms with Crippen LogP contribution < -0.4 is 0 Å². The predicted octanol–water partition coefficient (Wildman–Crippen LogP) is 3.83. The van der Waals surface area contributed by atoms with E-state index in [9.17, 15) is 4.79 Å². The highest BCUT2D eigenvalue weighted by molar-refractivity contribution is 5.91. The lowest BCUT2D eigenvalue weighted by Gasteiger charge is -2.32. The Kier molecular flexibility index (Phi) is 5.21. The third-order valence-electron chi connectivity index (χ3n) is 4.76. The molecule has 126 valence electrons. The normalized spacial score (nSPS) is 27.6. The molecular weight excluding hydrogens is 290 g/mol. The highest BCUT2D eigenvalue weighted by atomic mass is 16.5. The Hall–Kier alpha value is -1.55. The van der Waals surface area contributed by atoms with E-state index in [1.54, 1.807) is 12.2 Å². The summed E-state index contributed by atoms with van der Waals surface area (Å²) in [5, 5.41) is 0. The van der Waals surface area contributed by atoms with Crippen molar-refractivity contribution < 1.29 is 13.9 Å². The van der Waals surface area contributed by atoms with Crippen molar-refractivity contribution in [2.75, 3.05) is 19.7 Å². The average molecular weight is 317 g/mol. The number of nitrogens with zero attached hydrogens (tertiary/aromatic N) is 1. The van der Waals surface area contributed by atoms with Crippen LogP contribution in [0.15, 0.2) is 22.6 Å². The second kappa shape index (κ2) is 7.35. The number of rotatable bonds is 6. The first-order valence-electron chi connectivity index (χ1n) is 8.85. The smallest absolute Gasteiger partial charge is 0.246 e. The van der Waals surface area contributed by atoms with Gasteiger partial charge < -0.3 is 14.1 Å². The zero-order valence-corrected chi connectivity index (χ0v) is 14.2. The van der Waals surface area contributed by atoms with E-state index in [1.807, 2.05) is 17.0 Å². The molecule has 1 aliphatic carbocycles. The van der Waals surface area contributed by atoms with Gasteiger partial charge in [0.05, 0.1) is 6.10 Å². The van der Waals surface area contributed by atoms with Crippen molar-refractivity contribution in [3.05, 3.63) is 29.7 Å². The van der Waals surface area contributed by atoms with Crippen LogP contribution in [-0.4, -0.2) is 36.6 Å². The molecule has 1 aliphatic heterocycles. The first-order valence-corrected chi connectivity index (χ1v) is 8.85. The van der Waals surface area contributed by atoms with Gasteiger partial charge in [-0.15, -0.1) is 0 Å². The molecule has 1 saturated heterocycles. The lowest BCUT2D eigenvalue weighted by Crippen LogP contribution is -2.42. The topological polar surface area (TPSA) is 42.7 Å². The van der Waals surface area contributed by atoms with Crippen LogP contribution >= 0.6 is 0 Å². The fourth-order valence-electron chi connectivity index (χ4n) is 3.19. The van der Waals surface area contributed by atoms with Gasteiger partial charge in [0.15, 0.2) is 0 Å². The molecule has 23 heavy (non-hydrogen) atoms. The molecule has 2 heterocycles. The minimum atomic E-state index is 0.0486. The molecule has 3 atom stereocenters. The van der Waals surface area contributed by atoms with E-state index in [0.717, 1.165) is 49.9 Å². The lowest BCUT2D eigenvalue weighted by atomic mass is 10.1. The van der Waals surface area contributed by atoms with Crippen LogP contribution in [-0.2, 0) is 9.53 Å². The summed E-state index contributed by atoms with van der Waals surface area (Å²) in [4.78, 5) is 14.2. The summed E-state index contributed by atoms with van der Waals surface area (Å²) in [6.07, 6.45) is 7.89. The number of carbonyl (C=O) groups is 1. The molecule has 1 amide bonds. The molecule has 0 spiro atoms. The Labute approximate surface area is 138 Å². The van der Waals surface area contributed by atoms with Gasteiger partial charge >= 0.3 is 0 Å². The molecule has 0 aromatic carbocycles. The number of hydrogen-bond acceptors (Lipinski definition) is 3. The first kappa shape index (κ1) is 16.3. The van der Waals surface area contributed by atoms with Crippen molar-refractivity contribution in [2.45, 2.75) is 51.6 Å². The van der Waals surface area contributed by atoms with E-state index in [-0.39, 0.29) is 12.0 Å². The number of furan rings is 1. The summed E-state index contributed by atoms with van der Waals surface area (Å²) < 4.78 is 11.6. The molecule has 1 aromatic rings. The van der Waals surface area contributed by atoms with Crippen LogP contribution in [0.3, 0.4) is 0 Å². The quantitative estimate of drug-likeness (QED) is 0.749. The van der Waals surface area contributed by atoms with E-state index in [1.165, 1.54) is 6.42 Å². The van der Waals surface area contributed by atoms with Gasteiger partial charge in [0.1, 0.15) is 11.5 Å². The van der Waals surface area contributed by atoms with E-state index < -0.39 is 0 Å². The third kappa shape index (κ3) is 4.25. The number of piperidine rings is 1. The van der Waals surface area contributed by atoms with Crippen molar-refractivity contribution in [3.8, 4) is 0 Å². The van der Waals surface area contributed by atoms with E-state index >= 15 is 0 Å². The molecule has 1 aromatic heterocycles. The number of amides is 1. The fourth-order valence-corrected chi connectivity index (χ4v) is 3.19. The fraction of sp³-hybridized carbons (Fsp3) is 0.632. The van der Waals surface area contributed by atoms with Crippen molar-refractivity contribution in [1.29, 1.82) is 0 Å². The lowest BCUT2D eigenvalue weighted by molar-refractivity contribution is -0.130. The van der Waals surface area contributed by atoms with Gasteiger partial charge in [-0.2, -0.15) is 0 Å². The highest BCUT2D eigenvalue weighted by Crippen LogP contribution is 2.47. The largest absolute Gasteiger partial charge is 0.461 e. The predicted molar refractivity (Wildman–Crippen MR) is 90.1 cm³/mol. The van der Waals surface area contributed by atoms with E-state index in [4.69, 9.17) is 9.15 Å². The SMILES string of the molecule is CCCOC1CCCN(C(=O)/C=C/c2ccc(C3CC3C)o2)C1. The molecule has 0 bridgehead atoms. The maximum absolute atomic E-state index is 12.3. The van der Waals surface area contributed by atoms with Gasteiger partial charge in [0.2, 0.25) is 5.91 Å². The van der Waals surface area contributed by atoms with Crippen molar-refractivity contribution in [3.63, 3.8) is 0 Å². The number of likely N-dealkylation sites (tertiary alicyclic amines) is 1. The zero-order valence-electron chi connectivity index (χ0n) is 14.2. The Morgan fingerprint density at radius 1 is 1.48 bits per heavy atom. The van der Waals surface area contributed by atoms with Gasteiger partial charge in [-0.05, 0) is 49.8 Å². The van der Waals surface area contributed by atoms with Crippen molar-refractivity contribution >= 4 is 12.0 Å². The minimum absolute atomic E-state index is 0.0486. The molecule has 2 fully saturated rings. The molecular formula is C19H27NO3. The Bertz CT molecular complexity index is 563. The van der Waals surface area contributed by atoms with Crippen molar-refractivity contribution in [1.82, 2.24) is 4.90 Å². The summed E-state index contributed by atoms with van der Waals surface area (Å²) >= 11 is 0. The molecule has 4 heteroatoms. The highest BCUT2D eigenvalue weighted by Gasteiger charge is 2.36. The molecule has 0 N–H and O–H groups in total. The van der Waals surface area contributed by atoms with Gasteiger partial charge in [0.25, 0.3) is 0 Å². The second-order valence-corrected chi connectivity index (χ2v) is 6.81. The Balaban J connectivity index is 1.52. The molecule has 4 nitrogen and oxygen atoms in total. The molecule has 3 unspecified atom stereocenters. The van der Waals surface area contributed by atoms with Gasteiger partial charge in [-0.25, -0.2) is 0 Å². The third-order valence-corrected chi connectivity index (χ3v) is 4.76. The van der Waals surface area contributed by atoms with Crippen LogP contribution in [0, 0.1) is 5.92 Å². The number of ether oxygens (including phenoxy) is 1. The van der Waals surface area contributed by atoms with Crippen LogP contribution in [0.2, 0.25) is 0 Å². The second-order valence-electron chi connectivity index (χ2n) is 6.81. The van der Waals surface area contributed by atoms with E-state index in [2.05, 4.69) is 13.8 Å². The zero-order chi connectivity index (χ0) is 16.2. The minimum Gasteiger partial charge on any atom is -0.461 e. The van der Waals surface area contributed by atoms with Crippen LogP contribution in [0.5, 0.6) is 0 Å². The summed E-state index contributed by atoms with van der Waals surface area (Å²) in [5.74, 6) is 3.17. The summed E-state index contributed by atoms with van der Waals surface area (Å²) in [5.41, 5.74) is 0. The monoisotopic (exact) mass is 317 g/mol. The van der Waals surface area contributed by atoms with E-state index in [0.29, 0.717) is 12.5 Å². The van der Waals surface area contributed by atoms with Gasteiger partial charge in [-0.3, -0.25) is 4.79 Å². The molecule has 0 radical (unpaired) electrons. The van der Waals surface area contributed by atoms with Gasteiger partial charge in [-0.1, -0.05) is 13.8 Å². The number of carbonyl (C=O) groups excluding carboxylic acids is 1. The molecule has 3 rings (SSSR count). The Morgan fingerprint density at radius 2 is 2.30 bits per heavy atom. The number of hydrogen-bond donors (Lipinski definition) is 0.